The molecule has 2 aliphatic rings. The van der Waals surface area contributed by atoms with E-state index in [1.807, 2.05) is 18.7 Å². The smallest absolute Gasteiger partial charge is 0.193 e. The van der Waals surface area contributed by atoms with Crippen LogP contribution in [0.1, 0.15) is 36.0 Å². The molecular weight excluding hydrogens is 465 g/mol. The lowest BCUT2D eigenvalue weighted by Crippen LogP contribution is -2.40. The molecule has 36 heavy (non-hydrogen) atoms. The maximum absolute atomic E-state index is 15.3. The standard InChI is InChI=1S/C28H27F3N4O/c1-17-6-9-20(29)23(14-17)32-26-16-25(36)19-8-11-22(31)28(34-12-4-3-5-13-34)33-27(19)35(26)24-15-18(2)7-10-21(24)30/h6-11,14-16,22,32H,3-5,12-13H2,1-2H3. The molecule has 5 rings (SSSR count). The van der Waals surface area contributed by atoms with E-state index in [-0.39, 0.29) is 34.4 Å². The largest absolute Gasteiger partial charge is 0.357 e. The molecule has 0 bridgehead atoms. The van der Waals surface area contributed by atoms with E-state index in [2.05, 4.69) is 10.3 Å². The summed E-state index contributed by atoms with van der Waals surface area (Å²) in [6, 6.07) is 10.4. The molecule has 0 saturated carbocycles. The highest BCUT2D eigenvalue weighted by Gasteiger charge is 2.27. The number of fused-ring (bicyclic) bond motifs is 1. The van der Waals surface area contributed by atoms with Gasteiger partial charge >= 0.3 is 0 Å². The minimum atomic E-state index is -1.52. The summed E-state index contributed by atoms with van der Waals surface area (Å²) in [5.41, 5.74) is 1.54. The number of aromatic nitrogens is 1. The molecular formula is C28H27F3N4O. The SMILES string of the molecule is Cc1ccc(F)c(Nc2cc(=O)c3c(n2-c2cc(C)ccc2F)N=C(N2CCCCC2)C(F)C=C3)c1. The molecule has 2 aliphatic heterocycles. The van der Waals surface area contributed by atoms with Crippen LogP contribution in [0.15, 0.2) is 58.3 Å². The Kier molecular flexibility index (Phi) is 6.43. The van der Waals surface area contributed by atoms with E-state index < -0.39 is 23.2 Å². The van der Waals surface area contributed by atoms with Crippen LogP contribution >= 0.6 is 0 Å². The van der Waals surface area contributed by atoms with Gasteiger partial charge in [0.2, 0.25) is 0 Å². The highest BCUT2D eigenvalue weighted by molar-refractivity contribution is 5.94. The van der Waals surface area contributed by atoms with E-state index in [1.165, 1.54) is 34.9 Å². The second-order valence-electron chi connectivity index (χ2n) is 9.31. The molecule has 1 aromatic heterocycles. The third-order valence-corrected chi connectivity index (χ3v) is 6.53. The van der Waals surface area contributed by atoms with Crippen molar-refractivity contribution in [2.45, 2.75) is 39.3 Å². The minimum absolute atomic E-state index is 0.0968. The van der Waals surface area contributed by atoms with Gasteiger partial charge in [-0.1, -0.05) is 12.1 Å². The summed E-state index contributed by atoms with van der Waals surface area (Å²) >= 11 is 0. The number of likely N-dealkylation sites (tertiary alicyclic amines) is 1. The number of benzene rings is 2. The number of piperidine rings is 1. The van der Waals surface area contributed by atoms with E-state index in [0.717, 1.165) is 30.4 Å². The van der Waals surface area contributed by atoms with Crippen LogP contribution in [0.5, 0.6) is 0 Å². The van der Waals surface area contributed by atoms with Crippen molar-refractivity contribution in [1.82, 2.24) is 9.47 Å². The van der Waals surface area contributed by atoms with Gasteiger partial charge in [0, 0.05) is 19.2 Å². The van der Waals surface area contributed by atoms with Gasteiger partial charge in [0.25, 0.3) is 0 Å². The van der Waals surface area contributed by atoms with Gasteiger partial charge in [-0.15, -0.1) is 0 Å². The van der Waals surface area contributed by atoms with Crippen LogP contribution in [0.3, 0.4) is 0 Å². The summed E-state index contributed by atoms with van der Waals surface area (Å²) in [5, 5.41) is 2.96. The van der Waals surface area contributed by atoms with Crippen LogP contribution in [-0.2, 0) is 0 Å². The molecule has 3 aromatic rings. The number of hydrogen-bond acceptors (Lipinski definition) is 4. The topological polar surface area (TPSA) is 49.6 Å². The first kappa shape index (κ1) is 23.9. The predicted molar refractivity (Wildman–Crippen MR) is 138 cm³/mol. The van der Waals surface area contributed by atoms with Crippen LogP contribution < -0.4 is 10.7 Å². The molecule has 186 valence electrons. The summed E-state index contributed by atoms with van der Waals surface area (Å²) in [4.78, 5) is 19.8. The maximum Gasteiger partial charge on any atom is 0.193 e. The van der Waals surface area contributed by atoms with Gasteiger partial charge in [0.15, 0.2) is 17.4 Å². The van der Waals surface area contributed by atoms with Gasteiger partial charge in [-0.3, -0.25) is 9.36 Å². The van der Waals surface area contributed by atoms with E-state index in [0.29, 0.717) is 13.1 Å². The maximum atomic E-state index is 15.3. The lowest BCUT2D eigenvalue weighted by Gasteiger charge is -2.30. The number of alkyl halides is 1. The number of aryl methyl sites for hydroxylation is 2. The Balaban J connectivity index is 1.79. The molecule has 1 fully saturated rings. The lowest BCUT2D eigenvalue weighted by atomic mass is 10.1. The number of nitrogens with zero attached hydrogens (tertiary/aromatic N) is 3. The minimum Gasteiger partial charge on any atom is -0.357 e. The van der Waals surface area contributed by atoms with Crippen LogP contribution in [0.25, 0.3) is 11.8 Å². The number of amidine groups is 1. The Morgan fingerprint density at radius 2 is 1.64 bits per heavy atom. The zero-order chi connectivity index (χ0) is 25.4. The Morgan fingerprint density at radius 1 is 0.944 bits per heavy atom. The second-order valence-corrected chi connectivity index (χ2v) is 9.31. The zero-order valence-electron chi connectivity index (χ0n) is 20.2. The van der Waals surface area contributed by atoms with Crippen LogP contribution in [-0.4, -0.2) is 34.6 Å². The predicted octanol–water partition coefficient (Wildman–Crippen LogP) is 6.36. The molecule has 1 N–H and O–H groups in total. The van der Waals surface area contributed by atoms with Gasteiger partial charge in [-0.05, 0) is 80.7 Å². The second kappa shape index (κ2) is 9.68. The summed E-state index contributed by atoms with van der Waals surface area (Å²) in [6.07, 6.45) is 4.08. The Labute approximate surface area is 207 Å². The van der Waals surface area contributed by atoms with Gasteiger partial charge in [-0.25, -0.2) is 18.2 Å². The Morgan fingerprint density at radius 3 is 2.39 bits per heavy atom. The molecule has 0 radical (unpaired) electrons. The van der Waals surface area contributed by atoms with Crippen molar-refractivity contribution in [3.63, 3.8) is 0 Å². The monoisotopic (exact) mass is 492 g/mol. The fourth-order valence-corrected chi connectivity index (χ4v) is 4.69. The molecule has 0 amide bonds. The zero-order valence-corrected chi connectivity index (χ0v) is 20.2. The summed E-state index contributed by atoms with van der Waals surface area (Å²) in [5.74, 6) is -0.677. The number of pyridine rings is 1. The summed E-state index contributed by atoms with van der Waals surface area (Å²) < 4.78 is 46.7. The van der Waals surface area contributed by atoms with E-state index in [4.69, 9.17) is 0 Å². The first-order valence-corrected chi connectivity index (χ1v) is 12.1. The molecule has 1 unspecified atom stereocenters. The lowest BCUT2D eigenvalue weighted by molar-refractivity contribution is 0.317. The van der Waals surface area contributed by atoms with Gasteiger partial charge in [-0.2, -0.15) is 0 Å². The molecule has 5 nitrogen and oxygen atoms in total. The molecule has 1 atom stereocenters. The van der Waals surface area contributed by atoms with Crippen LogP contribution in [0, 0.1) is 25.5 Å². The number of hydrogen-bond donors (Lipinski definition) is 1. The molecule has 0 aliphatic carbocycles. The Hall–Kier alpha value is -3.81. The first-order valence-electron chi connectivity index (χ1n) is 12.1. The number of anilines is 2. The summed E-state index contributed by atoms with van der Waals surface area (Å²) in [7, 11) is 0. The van der Waals surface area contributed by atoms with Crippen LogP contribution in [0.4, 0.5) is 30.5 Å². The fraction of sp³-hybridized carbons (Fsp3) is 0.286. The van der Waals surface area contributed by atoms with Crippen molar-refractivity contribution >= 4 is 29.2 Å². The Bertz CT molecular complexity index is 1440. The molecule has 2 aromatic carbocycles. The molecule has 1 saturated heterocycles. The average Bonchev–Trinajstić information content (AvgIpc) is 3.03. The average molecular weight is 493 g/mol. The van der Waals surface area contributed by atoms with Gasteiger partial charge < -0.3 is 10.2 Å². The third-order valence-electron chi connectivity index (χ3n) is 6.53. The van der Waals surface area contributed by atoms with Crippen molar-refractivity contribution in [2.24, 2.45) is 4.99 Å². The first-order chi connectivity index (χ1) is 17.3. The third kappa shape index (κ3) is 4.55. The highest BCUT2D eigenvalue weighted by Crippen LogP contribution is 2.34. The quantitative estimate of drug-likeness (QED) is 0.463. The fourth-order valence-electron chi connectivity index (χ4n) is 4.69. The number of halogens is 3. The molecule has 3 heterocycles. The number of aliphatic imine (C=N–C) groups is 1. The van der Waals surface area contributed by atoms with E-state index in [1.54, 1.807) is 24.3 Å². The van der Waals surface area contributed by atoms with E-state index >= 15 is 8.78 Å². The van der Waals surface area contributed by atoms with Crippen molar-refractivity contribution in [3.05, 3.63) is 87.1 Å². The highest BCUT2D eigenvalue weighted by atomic mass is 19.1. The molecule has 0 spiro atoms. The van der Waals surface area contributed by atoms with Crippen LogP contribution in [0.2, 0.25) is 0 Å². The van der Waals surface area contributed by atoms with E-state index in [9.17, 15) is 9.18 Å². The van der Waals surface area contributed by atoms with Gasteiger partial charge in [0.1, 0.15) is 23.3 Å². The van der Waals surface area contributed by atoms with Gasteiger partial charge in [0.05, 0.1) is 16.9 Å². The molecule has 8 heteroatoms. The number of rotatable bonds is 3. The van der Waals surface area contributed by atoms with Crippen molar-refractivity contribution in [3.8, 4) is 5.69 Å². The van der Waals surface area contributed by atoms with Crippen molar-refractivity contribution in [1.29, 1.82) is 0 Å². The van der Waals surface area contributed by atoms with Crippen molar-refractivity contribution in [2.75, 3.05) is 18.4 Å². The normalized spacial score (nSPS) is 17.4. The summed E-state index contributed by atoms with van der Waals surface area (Å²) in [6.45, 7) is 4.93. The number of nitrogens with one attached hydrogen (secondary N) is 1. The van der Waals surface area contributed by atoms with Crippen molar-refractivity contribution < 1.29 is 13.2 Å².